The monoisotopic (exact) mass is 527 g/mol. The van der Waals surface area contributed by atoms with Crippen LogP contribution in [0.1, 0.15) is 49.9 Å². The van der Waals surface area contributed by atoms with E-state index < -0.39 is 23.6 Å². The Morgan fingerprint density at radius 3 is 2.66 bits per heavy atom. The lowest BCUT2D eigenvalue weighted by atomic mass is 9.67. The van der Waals surface area contributed by atoms with Crippen molar-refractivity contribution >= 4 is 44.0 Å². The van der Waals surface area contributed by atoms with Crippen LogP contribution in [0.15, 0.2) is 47.2 Å². The molecule has 5 rings (SSSR count). The van der Waals surface area contributed by atoms with Crippen LogP contribution in [-0.2, 0) is 15.1 Å². The number of β-amino-alcohol motifs (C(OH)–C–C–N with tert-alkyl or cyclic N) is 1. The Morgan fingerprint density at radius 1 is 1.32 bits per heavy atom. The van der Waals surface area contributed by atoms with E-state index in [9.17, 15) is 14.7 Å². The molecule has 2 N–H and O–H groups in total. The lowest BCUT2D eigenvalue weighted by Crippen LogP contribution is -2.48. The number of nitrogens with zero attached hydrogens (tertiary/aromatic N) is 5. The van der Waals surface area contributed by atoms with Crippen molar-refractivity contribution in [3.63, 3.8) is 0 Å². The van der Waals surface area contributed by atoms with E-state index in [1.54, 1.807) is 35.6 Å². The van der Waals surface area contributed by atoms with Gasteiger partial charge >= 0.3 is 0 Å². The quantitative estimate of drug-likeness (QED) is 0.457. The average molecular weight is 527 g/mol. The van der Waals surface area contributed by atoms with Crippen molar-refractivity contribution in [3.05, 3.63) is 59.0 Å². The number of thiazole rings is 1. The summed E-state index contributed by atoms with van der Waals surface area (Å²) >= 11 is 1.57. The van der Waals surface area contributed by atoms with Crippen LogP contribution >= 0.6 is 11.3 Å². The summed E-state index contributed by atoms with van der Waals surface area (Å²) < 4.78 is 1.46. The first-order valence-electron chi connectivity index (χ1n) is 12.6. The number of amidine groups is 1. The molecule has 1 aromatic carbocycles. The molecule has 2 amide bonds. The number of aliphatic hydroxyl groups excluding tert-OH is 1. The number of benzene rings is 1. The SMILES string of the molecule is [B][B]n1cc(C(C(=O)N2CC(O)CC2C2=NC(C)(c3ccc(-c4scnc4C)cc3)C(=O)N2)C(C)C)cn1. The molecule has 0 bridgehead atoms. The van der Waals surface area contributed by atoms with Gasteiger partial charge in [0.05, 0.1) is 40.3 Å². The molecule has 3 radical (unpaired) electrons. The zero-order valence-electron chi connectivity index (χ0n) is 21.8. The van der Waals surface area contributed by atoms with E-state index in [2.05, 4.69) is 15.4 Å². The highest BCUT2D eigenvalue weighted by Crippen LogP contribution is 2.36. The molecule has 3 aromatic rings. The fourth-order valence-corrected chi connectivity index (χ4v) is 6.15. The van der Waals surface area contributed by atoms with E-state index in [-0.39, 0.29) is 24.3 Å². The molecule has 0 saturated carbocycles. The molecule has 12 heteroatoms. The maximum Gasteiger partial charge on any atom is 0.257 e. The van der Waals surface area contributed by atoms with Crippen molar-refractivity contribution in [2.75, 3.05) is 6.54 Å². The van der Waals surface area contributed by atoms with Gasteiger partial charge in [-0.3, -0.25) is 9.59 Å². The number of carbonyl (C=O) groups is 2. The first-order valence-corrected chi connectivity index (χ1v) is 13.5. The molecule has 2 aromatic heterocycles. The molecule has 4 heterocycles. The van der Waals surface area contributed by atoms with Crippen molar-refractivity contribution in [2.45, 2.75) is 57.7 Å². The van der Waals surface area contributed by atoms with Gasteiger partial charge in [-0.15, -0.1) is 11.3 Å². The summed E-state index contributed by atoms with van der Waals surface area (Å²) in [5.74, 6) is -0.514. The van der Waals surface area contributed by atoms with Gasteiger partial charge < -0.3 is 19.9 Å². The van der Waals surface area contributed by atoms with Crippen molar-refractivity contribution < 1.29 is 14.7 Å². The summed E-state index contributed by atoms with van der Waals surface area (Å²) in [4.78, 5) is 39.0. The highest BCUT2D eigenvalue weighted by molar-refractivity contribution is 7.13. The van der Waals surface area contributed by atoms with Crippen molar-refractivity contribution in [3.8, 4) is 10.4 Å². The molecule has 2 aliphatic heterocycles. The van der Waals surface area contributed by atoms with Gasteiger partial charge in [0.15, 0.2) is 5.54 Å². The summed E-state index contributed by atoms with van der Waals surface area (Å²) in [6.07, 6.45) is 2.94. The third kappa shape index (κ3) is 4.60. The highest BCUT2D eigenvalue weighted by atomic mass is 32.1. The Labute approximate surface area is 228 Å². The topological polar surface area (TPSA) is 113 Å². The highest BCUT2D eigenvalue weighted by Gasteiger charge is 2.48. The standard InChI is InChI=1S/C26H29B2N6O3S/c1-14(2)21(17-10-30-34(11-17)28-27)24(36)33-12-19(35)9-20(33)23-31-25(37)26(4,32-23)18-7-5-16(6-8-18)22-15(3)29-13-38-22/h5-8,10-11,13-14,19-21,35H,9,12H2,1-4H3,(H,31,32,37). The van der Waals surface area contributed by atoms with Crippen LogP contribution in [0.25, 0.3) is 10.4 Å². The van der Waals surface area contributed by atoms with Crippen LogP contribution < -0.4 is 5.32 Å². The van der Waals surface area contributed by atoms with Crippen molar-refractivity contribution in [1.82, 2.24) is 24.9 Å². The lowest BCUT2D eigenvalue weighted by Gasteiger charge is -2.30. The van der Waals surface area contributed by atoms with Crippen LogP contribution in [0, 0.1) is 12.8 Å². The van der Waals surface area contributed by atoms with Gasteiger partial charge in [0.1, 0.15) is 5.84 Å². The number of rotatable bonds is 7. The Morgan fingerprint density at radius 2 is 2.05 bits per heavy atom. The van der Waals surface area contributed by atoms with Gasteiger partial charge in [0.2, 0.25) is 13.2 Å². The number of amides is 2. The summed E-state index contributed by atoms with van der Waals surface area (Å²) in [5, 5.41) is 17.7. The van der Waals surface area contributed by atoms with Crippen molar-refractivity contribution in [2.24, 2.45) is 10.9 Å². The minimum atomic E-state index is -1.14. The van der Waals surface area contributed by atoms with Crippen LogP contribution in [-0.4, -0.2) is 76.1 Å². The first kappa shape index (κ1) is 26.4. The Kier molecular flexibility index (Phi) is 7.04. The first-order chi connectivity index (χ1) is 18.1. The molecule has 4 unspecified atom stereocenters. The smallest absolute Gasteiger partial charge is 0.257 e. The van der Waals surface area contributed by atoms with Gasteiger partial charge in [-0.25, -0.2) is 9.98 Å². The zero-order valence-corrected chi connectivity index (χ0v) is 22.6. The molecule has 0 spiro atoms. The lowest BCUT2D eigenvalue weighted by molar-refractivity contribution is -0.134. The summed E-state index contributed by atoms with van der Waals surface area (Å²) in [7, 11) is 6.90. The minimum Gasteiger partial charge on any atom is -0.391 e. The van der Waals surface area contributed by atoms with Gasteiger partial charge in [-0.05, 0) is 30.9 Å². The minimum absolute atomic E-state index is 0.0256. The summed E-state index contributed by atoms with van der Waals surface area (Å²) in [5.41, 5.74) is 4.16. The molecule has 1 fully saturated rings. The molecule has 9 nitrogen and oxygen atoms in total. The number of hydrogen-bond donors (Lipinski definition) is 2. The number of aromatic nitrogens is 3. The van der Waals surface area contributed by atoms with Gasteiger partial charge in [-0.2, -0.15) is 5.10 Å². The van der Waals surface area contributed by atoms with Crippen LogP contribution in [0.5, 0.6) is 0 Å². The van der Waals surface area contributed by atoms with Crippen LogP contribution in [0.4, 0.5) is 0 Å². The summed E-state index contributed by atoms with van der Waals surface area (Å²) in [6.45, 7) is 7.85. The number of likely N-dealkylation sites (tertiary alicyclic amines) is 1. The van der Waals surface area contributed by atoms with E-state index in [0.29, 0.717) is 12.3 Å². The molecular formula is C26H29B2N6O3S. The van der Waals surface area contributed by atoms with Gasteiger partial charge in [-0.1, -0.05) is 38.1 Å². The zero-order chi connectivity index (χ0) is 27.2. The predicted octanol–water partition coefficient (Wildman–Crippen LogP) is 2.01. The average Bonchev–Trinajstić information content (AvgIpc) is 3.67. The molecule has 1 saturated heterocycles. The molecule has 0 aliphatic carbocycles. The third-order valence-corrected chi connectivity index (χ3v) is 8.40. The van der Waals surface area contributed by atoms with Crippen molar-refractivity contribution in [1.29, 1.82) is 0 Å². The number of aryl methyl sites for hydroxylation is 1. The summed E-state index contributed by atoms with van der Waals surface area (Å²) in [6, 6.07) is 7.23. The van der Waals surface area contributed by atoms with E-state index in [1.807, 2.05) is 50.5 Å². The number of aliphatic imine (C=N–C) groups is 1. The van der Waals surface area contributed by atoms with E-state index in [4.69, 9.17) is 12.7 Å². The Bertz CT molecular complexity index is 1390. The number of nitrogens with one attached hydrogen (secondary N) is 1. The van der Waals surface area contributed by atoms with Crippen LogP contribution in [0.3, 0.4) is 0 Å². The maximum absolute atomic E-state index is 13.9. The number of aliphatic hydroxyl groups is 1. The molecular weight excluding hydrogens is 498 g/mol. The maximum atomic E-state index is 13.9. The van der Waals surface area contributed by atoms with Crippen LogP contribution in [0.2, 0.25) is 0 Å². The largest absolute Gasteiger partial charge is 0.391 e. The molecule has 2 aliphatic rings. The van der Waals surface area contributed by atoms with Gasteiger partial charge in [0, 0.05) is 32.5 Å². The van der Waals surface area contributed by atoms with E-state index in [1.165, 1.54) is 11.9 Å². The normalized spacial score (nSPS) is 24.0. The molecule has 4 atom stereocenters. The second kappa shape index (κ2) is 10.1. The van der Waals surface area contributed by atoms with E-state index >= 15 is 0 Å². The third-order valence-electron chi connectivity index (χ3n) is 7.43. The molecule has 193 valence electrons. The van der Waals surface area contributed by atoms with E-state index in [0.717, 1.165) is 27.3 Å². The Hall–Kier alpha value is -3.24. The number of carbonyl (C=O) groups excluding carboxylic acids is 2. The fraction of sp³-hybridized carbons (Fsp3) is 0.423. The fourth-order valence-electron chi connectivity index (χ4n) is 5.34. The Balaban J connectivity index is 1.43. The second-order valence-electron chi connectivity index (χ2n) is 10.4. The molecule has 38 heavy (non-hydrogen) atoms. The number of hydrogen-bond acceptors (Lipinski definition) is 7. The predicted molar refractivity (Wildman–Crippen MR) is 148 cm³/mol. The second-order valence-corrected chi connectivity index (χ2v) is 11.2. The van der Waals surface area contributed by atoms with Gasteiger partial charge in [0.25, 0.3) is 5.91 Å².